The summed E-state index contributed by atoms with van der Waals surface area (Å²) in [6.07, 6.45) is 1.44. The first-order valence-electron chi connectivity index (χ1n) is 10.9. The van der Waals surface area contributed by atoms with E-state index in [-0.39, 0.29) is 17.7 Å². The maximum absolute atomic E-state index is 13.3. The molecular weight excluding hydrogens is 406 g/mol. The molecule has 4 rings (SSSR count). The summed E-state index contributed by atoms with van der Waals surface area (Å²) < 4.78 is 10.6. The summed E-state index contributed by atoms with van der Waals surface area (Å²) in [5, 5.41) is 3.28. The highest BCUT2D eigenvalue weighted by atomic mass is 16.5. The third-order valence-corrected chi connectivity index (χ3v) is 6.68. The maximum atomic E-state index is 13.3. The molecule has 1 spiro atoms. The van der Waals surface area contributed by atoms with Gasteiger partial charge in [-0.05, 0) is 48.2 Å². The van der Waals surface area contributed by atoms with Gasteiger partial charge in [-0.15, -0.1) is 0 Å². The van der Waals surface area contributed by atoms with Crippen LogP contribution in [0, 0.1) is 5.92 Å². The average Bonchev–Trinajstić information content (AvgIpc) is 3.07. The van der Waals surface area contributed by atoms with Crippen molar-refractivity contribution in [3.05, 3.63) is 59.2 Å². The molecule has 170 valence electrons. The summed E-state index contributed by atoms with van der Waals surface area (Å²) in [6.45, 7) is 1.93. The van der Waals surface area contributed by atoms with E-state index < -0.39 is 5.54 Å². The summed E-state index contributed by atoms with van der Waals surface area (Å²) in [5.41, 5.74) is 2.15. The molecular formula is C25H31N3O4. The third kappa shape index (κ3) is 4.17. The number of ether oxygens (including phenoxy) is 2. The monoisotopic (exact) mass is 437 g/mol. The van der Waals surface area contributed by atoms with E-state index in [2.05, 4.69) is 10.2 Å². The van der Waals surface area contributed by atoms with Gasteiger partial charge in [0.25, 0.3) is 5.91 Å². The SMILES string of the molecule is COc1ccc(CN2C[C@H](C(=O)N(C)C)[C@]3(CCc4ccc(OC)cc4C(=O)N3)C2)cc1. The zero-order chi connectivity index (χ0) is 22.9. The Kier molecular flexibility index (Phi) is 6.11. The van der Waals surface area contributed by atoms with Crippen molar-refractivity contribution in [2.45, 2.75) is 24.9 Å². The number of benzene rings is 2. The lowest BCUT2D eigenvalue weighted by molar-refractivity contribution is -0.134. The Morgan fingerprint density at radius 1 is 1.12 bits per heavy atom. The molecule has 2 heterocycles. The van der Waals surface area contributed by atoms with Gasteiger partial charge in [0.2, 0.25) is 5.91 Å². The predicted octanol–water partition coefficient (Wildman–Crippen LogP) is 2.34. The highest BCUT2D eigenvalue weighted by Gasteiger charge is 2.52. The number of carbonyl (C=O) groups is 2. The van der Waals surface area contributed by atoms with E-state index in [1.54, 1.807) is 39.3 Å². The van der Waals surface area contributed by atoms with E-state index in [1.807, 2.05) is 36.4 Å². The van der Waals surface area contributed by atoms with Gasteiger partial charge in [0.1, 0.15) is 11.5 Å². The van der Waals surface area contributed by atoms with Crippen molar-refractivity contribution in [2.75, 3.05) is 41.4 Å². The Labute approximate surface area is 189 Å². The van der Waals surface area contributed by atoms with Gasteiger partial charge < -0.3 is 19.7 Å². The van der Waals surface area contributed by atoms with Crippen molar-refractivity contribution in [1.82, 2.24) is 15.1 Å². The van der Waals surface area contributed by atoms with Crippen LogP contribution in [0.15, 0.2) is 42.5 Å². The minimum Gasteiger partial charge on any atom is -0.497 e. The van der Waals surface area contributed by atoms with E-state index >= 15 is 0 Å². The summed E-state index contributed by atoms with van der Waals surface area (Å²) >= 11 is 0. The van der Waals surface area contributed by atoms with Crippen molar-refractivity contribution < 1.29 is 19.1 Å². The van der Waals surface area contributed by atoms with Gasteiger partial charge >= 0.3 is 0 Å². The van der Waals surface area contributed by atoms with E-state index in [0.717, 1.165) is 23.3 Å². The number of nitrogens with zero attached hydrogens (tertiary/aromatic N) is 2. The fourth-order valence-corrected chi connectivity index (χ4v) is 4.95. The third-order valence-electron chi connectivity index (χ3n) is 6.68. The predicted molar refractivity (Wildman–Crippen MR) is 122 cm³/mol. The second-order valence-corrected chi connectivity index (χ2v) is 8.94. The topological polar surface area (TPSA) is 71.1 Å². The first kappa shape index (κ1) is 22.1. The van der Waals surface area contributed by atoms with Crippen LogP contribution in [0.2, 0.25) is 0 Å². The lowest BCUT2D eigenvalue weighted by Crippen LogP contribution is -2.57. The number of carbonyl (C=O) groups excluding carboxylic acids is 2. The van der Waals surface area contributed by atoms with E-state index in [1.165, 1.54) is 0 Å². The molecule has 2 aliphatic heterocycles. The lowest BCUT2D eigenvalue weighted by Gasteiger charge is -2.35. The van der Waals surface area contributed by atoms with E-state index in [4.69, 9.17) is 9.47 Å². The van der Waals surface area contributed by atoms with Gasteiger partial charge in [-0.25, -0.2) is 0 Å². The molecule has 0 aromatic heterocycles. The number of fused-ring (bicyclic) bond motifs is 1. The molecule has 2 aliphatic rings. The van der Waals surface area contributed by atoms with Crippen molar-refractivity contribution in [1.29, 1.82) is 0 Å². The summed E-state index contributed by atoms with van der Waals surface area (Å²) in [4.78, 5) is 30.4. The molecule has 0 aliphatic carbocycles. The molecule has 1 N–H and O–H groups in total. The quantitative estimate of drug-likeness (QED) is 0.778. The first-order chi connectivity index (χ1) is 15.3. The van der Waals surface area contributed by atoms with Gasteiger partial charge in [-0.1, -0.05) is 18.2 Å². The number of aryl methyl sites for hydroxylation is 1. The molecule has 2 aromatic carbocycles. The van der Waals surface area contributed by atoms with Gasteiger partial charge in [0.15, 0.2) is 0 Å². The number of methoxy groups -OCH3 is 2. The van der Waals surface area contributed by atoms with Crippen molar-refractivity contribution >= 4 is 11.8 Å². The molecule has 2 amide bonds. The van der Waals surface area contributed by atoms with Crippen LogP contribution >= 0.6 is 0 Å². The van der Waals surface area contributed by atoms with E-state index in [0.29, 0.717) is 37.4 Å². The highest BCUT2D eigenvalue weighted by molar-refractivity contribution is 5.97. The zero-order valence-electron chi connectivity index (χ0n) is 19.2. The summed E-state index contributed by atoms with van der Waals surface area (Å²) in [6, 6.07) is 13.6. The fraction of sp³-hybridized carbons (Fsp3) is 0.440. The molecule has 0 unspecified atom stereocenters. The van der Waals surface area contributed by atoms with Crippen LogP contribution in [0.25, 0.3) is 0 Å². The fourth-order valence-electron chi connectivity index (χ4n) is 4.95. The van der Waals surface area contributed by atoms with Crippen LogP contribution in [0.1, 0.15) is 27.9 Å². The van der Waals surface area contributed by atoms with Crippen LogP contribution in [0.5, 0.6) is 11.5 Å². The van der Waals surface area contributed by atoms with E-state index in [9.17, 15) is 9.59 Å². The summed E-state index contributed by atoms with van der Waals surface area (Å²) in [5.74, 6) is 1.07. The molecule has 7 heteroatoms. The molecule has 2 atom stereocenters. The van der Waals surface area contributed by atoms with Crippen LogP contribution in [-0.2, 0) is 17.8 Å². The Balaban J connectivity index is 1.62. The smallest absolute Gasteiger partial charge is 0.252 e. The van der Waals surface area contributed by atoms with Crippen LogP contribution in [0.4, 0.5) is 0 Å². The number of hydrogen-bond donors (Lipinski definition) is 1. The van der Waals surface area contributed by atoms with Gasteiger partial charge in [-0.2, -0.15) is 0 Å². The van der Waals surface area contributed by atoms with Crippen molar-refractivity contribution in [2.24, 2.45) is 5.92 Å². The lowest BCUT2D eigenvalue weighted by atomic mass is 9.81. The molecule has 1 saturated heterocycles. The van der Waals surface area contributed by atoms with Gasteiger partial charge in [0, 0.05) is 39.3 Å². The highest BCUT2D eigenvalue weighted by Crippen LogP contribution is 2.37. The number of hydrogen-bond acceptors (Lipinski definition) is 5. The minimum absolute atomic E-state index is 0.0473. The number of rotatable bonds is 5. The Bertz CT molecular complexity index is 1000. The van der Waals surface area contributed by atoms with Gasteiger partial charge in [0.05, 0.1) is 25.7 Å². The second kappa shape index (κ2) is 8.82. The number of amides is 2. The Morgan fingerprint density at radius 3 is 2.47 bits per heavy atom. The van der Waals surface area contributed by atoms with Crippen LogP contribution < -0.4 is 14.8 Å². The Morgan fingerprint density at radius 2 is 1.81 bits per heavy atom. The van der Waals surface area contributed by atoms with Crippen LogP contribution in [0.3, 0.4) is 0 Å². The molecule has 0 bridgehead atoms. The Hall–Kier alpha value is -3.06. The zero-order valence-corrected chi connectivity index (χ0v) is 19.2. The minimum atomic E-state index is -0.614. The normalized spacial score (nSPS) is 22.8. The molecule has 2 aromatic rings. The number of likely N-dealkylation sites (tertiary alicyclic amines) is 1. The number of nitrogens with one attached hydrogen (secondary N) is 1. The van der Waals surface area contributed by atoms with Crippen molar-refractivity contribution in [3.8, 4) is 11.5 Å². The van der Waals surface area contributed by atoms with Crippen molar-refractivity contribution in [3.63, 3.8) is 0 Å². The second-order valence-electron chi connectivity index (χ2n) is 8.94. The largest absolute Gasteiger partial charge is 0.497 e. The average molecular weight is 438 g/mol. The molecule has 0 saturated carbocycles. The van der Waals surface area contributed by atoms with Gasteiger partial charge in [-0.3, -0.25) is 14.5 Å². The van der Waals surface area contributed by atoms with Crippen LogP contribution in [-0.4, -0.2) is 68.6 Å². The maximum Gasteiger partial charge on any atom is 0.252 e. The standard InChI is InChI=1S/C25H31N3O4/c1-27(2)24(30)22-15-28(14-17-5-8-19(31-3)9-6-17)16-25(22)12-11-18-7-10-20(32-4)13-21(18)23(29)26-25/h5-10,13,22H,11-12,14-16H2,1-4H3,(H,26,29)/t22-,25+/m1/s1. The molecule has 7 nitrogen and oxygen atoms in total. The molecule has 1 fully saturated rings. The molecule has 0 radical (unpaired) electrons. The molecule has 32 heavy (non-hydrogen) atoms. The first-order valence-corrected chi connectivity index (χ1v) is 10.9. The summed E-state index contributed by atoms with van der Waals surface area (Å²) in [7, 11) is 6.80.